The third kappa shape index (κ3) is 3.24. The molecule has 106 valence electrons. The second-order valence-corrected chi connectivity index (χ2v) is 5.40. The smallest absolute Gasteiger partial charge is 0.345 e. The van der Waals surface area contributed by atoms with E-state index in [0.717, 1.165) is 28.4 Å². The minimum atomic E-state index is -0.994. The fourth-order valence-corrected chi connectivity index (χ4v) is 2.58. The third-order valence-corrected chi connectivity index (χ3v) is 3.85. The second kappa shape index (κ2) is 5.87. The van der Waals surface area contributed by atoms with Crippen molar-refractivity contribution in [3.8, 4) is 0 Å². The zero-order valence-corrected chi connectivity index (χ0v) is 11.9. The first kappa shape index (κ1) is 14.3. The van der Waals surface area contributed by atoms with Crippen LogP contribution in [-0.2, 0) is 11.2 Å². The van der Waals surface area contributed by atoms with E-state index < -0.39 is 5.97 Å². The first-order chi connectivity index (χ1) is 9.47. The number of thiophene rings is 1. The topological polar surface area (TPSA) is 92.4 Å². The molecule has 0 spiro atoms. The maximum absolute atomic E-state index is 11.8. The molecule has 2 heterocycles. The van der Waals surface area contributed by atoms with Crippen LogP contribution in [0.5, 0.6) is 0 Å². The Morgan fingerprint density at radius 3 is 2.70 bits per heavy atom. The Hall–Kier alpha value is -2.15. The summed E-state index contributed by atoms with van der Waals surface area (Å²) >= 11 is 1.04. The highest BCUT2D eigenvalue weighted by Gasteiger charge is 2.13. The summed E-state index contributed by atoms with van der Waals surface area (Å²) in [5.74, 6) is -0.436. The van der Waals surface area contributed by atoms with Crippen molar-refractivity contribution in [2.24, 2.45) is 0 Å². The normalized spacial score (nSPS) is 10.5. The number of nitrogens with zero attached hydrogens (tertiary/aromatic N) is 1. The summed E-state index contributed by atoms with van der Waals surface area (Å²) < 4.78 is 5.03. The van der Waals surface area contributed by atoms with Gasteiger partial charge in [0.2, 0.25) is 5.91 Å². The predicted molar refractivity (Wildman–Crippen MR) is 74.2 cm³/mol. The lowest BCUT2D eigenvalue weighted by Crippen LogP contribution is -2.11. The molecule has 1 amide bonds. The number of carboxylic acid groups (broad SMARTS) is 1. The van der Waals surface area contributed by atoms with Gasteiger partial charge in [-0.15, -0.1) is 11.3 Å². The van der Waals surface area contributed by atoms with E-state index in [1.807, 2.05) is 13.8 Å². The Morgan fingerprint density at radius 1 is 1.40 bits per heavy atom. The van der Waals surface area contributed by atoms with Crippen LogP contribution in [-0.4, -0.2) is 22.1 Å². The predicted octanol–water partition coefficient (Wildman–Crippen LogP) is 2.62. The lowest BCUT2D eigenvalue weighted by Gasteiger charge is -2.02. The summed E-state index contributed by atoms with van der Waals surface area (Å²) in [6, 6.07) is 3.05. The van der Waals surface area contributed by atoms with Gasteiger partial charge in [-0.2, -0.15) is 0 Å². The lowest BCUT2D eigenvalue weighted by molar-refractivity contribution is -0.116. The van der Waals surface area contributed by atoms with Crippen LogP contribution in [0.1, 0.15) is 33.1 Å². The summed E-state index contributed by atoms with van der Waals surface area (Å²) in [6.45, 7) is 3.65. The van der Waals surface area contributed by atoms with E-state index in [9.17, 15) is 9.59 Å². The highest BCUT2D eigenvalue weighted by Crippen LogP contribution is 2.22. The first-order valence-corrected chi connectivity index (χ1v) is 6.83. The number of rotatable bonds is 5. The molecule has 6 nitrogen and oxygen atoms in total. The molecular formula is C13H14N2O4S. The van der Waals surface area contributed by atoms with Crippen LogP contribution in [0.15, 0.2) is 16.7 Å². The number of carboxylic acids is 1. The highest BCUT2D eigenvalue weighted by molar-refractivity contribution is 7.18. The van der Waals surface area contributed by atoms with Gasteiger partial charge in [-0.25, -0.2) is 4.79 Å². The van der Waals surface area contributed by atoms with Gasteiger partial charge in [-0.1, -0.05) is 5.16 Å². The second-order valence-electron chi connectivity index (χ2n) is 4.32. The monoisotopic (exact) mass is 294 g/mol. The van der Waals surface area contributed by atoms with Crippen molar-refractivity contribution in [2.75, 3.05) is 5.32 Å². The molecule has 20 heavy (non-hydrogen) atoms. The van der Waals surface area contributed by atoms with Crippen molar-refractivity contribution in [3.05, 3.63) is 34.0 Å². The summed E-state index contributed by atoms with van der Waals surface area (Å²) in [5, 5.41) is 15.9. The molecule has 0 saturated carbocycles. The molecule has 7 heteroatoms. The van der Waals surface area contributed by atoms with Crippen LogP contribution in [0.3, 0.4) is 0 Å². The number of nitrogens with one attached hydrogen (secondary N) is 1. The standard InChI is InChI=1S/C13H14N2O4S/c1-7-9(8(2)19-15-7)3-5-11(16)14-12-6-4-10(20-12)13(17)18/h4,6H,3,5H2,1-2H3,(H,14,16)(H,17,18). The van der Waals surface area contributed by atoms with Gasteiger partial charge in [0.25, 0.3) is 0 Å². The number of hydrogen-bond acceptors (Lipinski definition) is 5. The van der Waals surface area contributed by atoms with Crippen molar-refractivity contribution in [1.82, 2.24) is 5.16 Å². The lowest BCUT2D eigenvalue weighted by atomic mass is 10.1. The van der Waals surface area contributed by atoms with Crippen molar-refractivity contribution < 1.29 is 19.2 Å². The SMILES string of the molecule is Cc1noc(C)c1CCC(=O)Nc1ccc(C(=O)O)s1. The van der Waals surface area contributed by atoms with Crippen LogP contribution in [0.4, 0.5) is 5.00 Å². The molecule has 0 aliphatic heterocycles. The van der Waals surface area contributed by atoms with Gasteiger partial charge in [0, 0.05) is 12.0 Å². The van der Waals surface area contributed by atoms with Gasteiger partial charge in [0.05, 0.1) is 10.7 Å². The third-order valence-electron chi connectivity index (χ3n) is 2.86. The minimum Gasteiger partial charge on any atom is -0.477 e. The number of amides is 1. The van der Waals surface area contributed by atoms with E-state index in [1.165, 1.54) is 6.07 Å². The average molecular weight is 294 g/mol. The molecule has 0 fully saturated rings. The van der Waals surface area contributed by atoms with E-state index in [0.29, 0.717) is 17.8 Å². The Bertz CT molecular complexity index is 625. The maximum atomic E-state index is 11.8. The largest absolute Gasteiger partial charge is 0.477 e. The van der Waals surface area contributed by atoms with E-state index in [2.05, 4.69) is 10.5 Å². The van der Waals surface area contributed by atoms with E-state index in [1.54, 1.807) is 6.07 Å². The maximum Gasteiger partial charge on any atom is 0.345 e. The molecule has 2 rings (SSSR count). The summed E-state index contributed by atoms with van der Waals surface area (Å²) in [6.07, 6.45) is 0.841. The number of anilines is 1. The molecule has 2 aromatic heterocycles. The molecule has 0 saturated heterocycles. The Morgan fingerprint density at radius 2 is 2.15 bits per heavy atom. The zero-order valence-electron chi connectivity index (χ0n) is 11.1. The number of carbonyl (C=O) groups is 2. The molecular weight excluding hydrogens is 280 g/mol. The fraction of sp³-hybridized carbons (Fsp3) is 0.308. The van der Waals surface area contributed by atoms with Crippen molar-refractivity contribution >= 4 is 28.2 Å². The van der Waals surface area contributed by atoms with Crippen LogP contribution in [0.25, 0.3) is 0 Å². The Balaban J connectivity index is 1.91. The zero-order chi connectivity index (χ0) is 14.7. The molecule has 0 aromatic carbocycles. The first-order valence-electron chi connectivity index (χ1n) is 6.02. The molecule has 2 aromatic rings. The minimum absolute atomic E-state index is 0.163. The quantitative estimate of drug-likeness (QED) is 0.884. The molecule has 2 N–H and O–H groups in total. The van der Waals surface area contributed by atoms with Gasteiger partial charge in [-0.3, -0.25) is 4.79 Å². The summed E-state index contributed by atoms with van der Waals surface area (Å²) in [7, 11) is 0. The van der Waals surface area contributed by atoms with E-state index >= 15 is 0 Å². The molecule has 0 bridgehead atoms. The van der Waals surface area contributed by atoms with E-state index in [-0.39, 0.29) is 10.8 Å². The highest BCUT2D eigenvalue weighted by atomic mass is 32.1. The average Bonchev–Trinajstić information content (AvgIpc) is 2.96. The molecule has 0 radical (unpaired) electrons. The fourth-order valence-electron chi connectivity index (χ4n) is 1.82. The number of aryl methyl sites for hydroxylation is 2. The number of carbonyl (C=O) groups excluding carboxylic acids is 1. The van der Waals surface area contributed by atoms with Gasteiger partial charge in [0.15, 0.2) is 0 Å². The van der Waals surface area contributed by atoms with E-state index in [4.69, 9.17) is 9.63 Å². The Labute approximate surface area is 119 Å². The van der Waals surface area contributed by atoms with Gasteiger partial charge in [0.1, 0.15) is 10.6 Å². The summed E-state index contributed by atoms with van der Waals surface area (Å²) in [5.41, 5.74) is 1.73. The van der Waals surface area contributed by atoms with Crippen LogP contribution in [0.2, 0.25) is 0 Å². The molecule has 0 unspecified atom stereocenters. The summed E-state index contributed by atoms with van der Waals surface area (Å²) in [4.78, 5) is 22.7. The molecule has 0 atom stereocenters. The molecule has 0 aliphatic rings. The van der Waals surface area contributed by atoms with Crippen LogP contribution >= 0.6 is 11.3 Å². The molecule has 0 aliphatic carbocycles. The van der Waals surface area contributed by atoms with Crippen molar-refractivity contribution in [3.63, 3.8) is 0 Å². The number of aromatic nitrogens is 1. The van der Waals surface area contributed by atoms with Gasteiger partial charge < -0.3 is 14.9 Å². The van der Waals surface area contributed by atoms with Gasteiger partial charge in [-0.05, 0) is 32.4 Å². The van der Waals surface area contributed by atoms with Crippen LogP contribution < -0.4 is 5.32 Å². The number of aromatic carboxylic acids is 1. The number of hydrogen-bond donors (Lipinski definition) is 2. The van der Waals surface area contributed by atoms with Crippen molar-refractivity contribution in [2.45, 2.75) is 26.7 Å². The van der Waals surface area contributed by atoms with Crippen LogP contribution in [0, 0.1) is 13.8 Å². The van der Waals surface area contributed by atoms with Crippen molar-refractivity contribution in [1.29, 1.82) is 0 Å². The van der Waals surface area contributed by atoms with Gasteiger partial charge >= 0.3 is 5.97 Å². The Kier molecular flexibility index (Phi) is 4.19.